The summed E-state index contributed by atoms with van der Waals surface area (Å²) in [4.78, 5) is 12.1. The minimum Gasteiger partial charge on any atom is -0.336 e. The quantitative estimate of drug-likeness (QED) is 0.820. The van der Waals surface area contributed by atoms with Crippen molar-refractivity contribution in [2.24, 2.45) is 0 Å². The van der Waals surface area contributed by atoms with Gasteiger partial charge >= 0.3 is 0 Å². The number of nitrogens with one attached hydrogen (secondary N) is 1. The second kappa shape index (κ2) is 7.64. The molecule has 0 heterocycles. The van der Waals surface area contributed by atoms with E-state index in [9.17, 15) is 10.1 Å². The summed E-state index contributed by atoms with van der Waals surface area (Å²) in [6, 6.07) is 2.92. The van der Waals surface area contributed by atoms with Gasteiger partial charge in [-0.15, -0.1) is 0 Å². The van der Waals surface area contributed by atoms with Crippen LogP contribution >= 0.6 is 0 Å². The van der Waals surface area contributed by atoms with Gasteiger partial charge in [-0.2, -0.15) is 5.26 Å². The molecule has 2 fully saturated rings. The summed E-state index contributed by atoms with van der Waals surface area (Å²) in [5.74, 6) is 0.0375. The van der Waals surface area contributed by atoms with Crippen LogP contribution in [0, 0.1) is 11.3 Å². The Hall–Kier alpha value is -1.08. The molecule has 20 heavy (non-hydrogen) atoms. The Balaban J connectivity index is 1.72. The first kappa shape index (κ1) is 15.3. The van der Waals surface area contributed by atoms with Gasteiger partial charge in [0, 0.05) is 0 Å². The molecule has 2 aliphatic rings. The first-order chi connectivity index (χ1) is 9.74. The van der Waals surface area contributed by atoms with Crippen molar-refractivity contribution in [1.82, 2.24) is 5.32 Å². The van der Waals surface area contributed by atoms with E-state index in [1.165, 1.54) is 44.9 Å². The molecule has 0 aromatic carbocycles. The molecular weight excluding hydrogens is 250 g/mol. The fraction of sp³-hybridized carbons (Fsp3) is 0.875. The van der Waals surface area contributed by atoms with Crippen LogP contribution in [0.25, 0.3) is 0 Å². The van der Waals surface area contributed by atoms with E-state index in [1.54, 1.807) is 0 Å². The van der Waals surface area contributed by atoms with E-state index in [-0.39, 0.29) is 5.91 Å². The highest BCUT2D eigenvalue weighted by Gasteiger charge is 2.35. The zero-order valence-electron chi connectivity index (χ0n) is 12.5. The van der Waals surface area contributed by atoms with Crippen LogP contribution in [-0.2, 0) is 4.79 Å². The van der Waals surface area contributed by atoms with Gasteiger partial charge in [0.15, 0.2) is 6.54 Å². The van der Waals surface area contributed by atoms with Crippen molar-refractivity contribution in [2.45, 2.75) is 82.2 Å². The van der Waals surface area contributed by atoms with Gasteiger partial charge in [0.1, 0.15) is 5.54 Å². The molecule has 0 radical (unpaired) electrons. The van der Waals surface area contributed by atoms with Crippen LogP contribution in [0.2, 0.25) is 0 Å². The Labute approximate surface area is 122 Å². The third-order valence-electron chi connectivity index (χ3n) is 4.84. The molecule has 4 heteroatoms. The molecule has 3 N–H and O–H groups in total. The average molecular weight is 278 g/mol. The lowest BCUT2D eigenvalue weighted by molar-refractivity contribution is -0.680. The molecule has 0 bridgehead atoms. The first-order valence-corrected chi connectivity index (χ1v) is 8.30. The highest BCUT2D eigenvalue weighted by molar-refractivity contribution is 5.78. The van der Waals surface area contributed by atoms with Crippen LogP contribution in [0.5, 0.6) is 0 Å². The van der Waals surface area contributed by atoms with Gasteiger partial charge in [-0.05, 0) is 51.4 Å². The van der Waals surface area contributed by atoms with E-state index < -0.39 is 5.54 Å². The first-order valence-electron chi connectivity index (χ1n) is 8.30. The molecule has 0 aliphatic heterocycles. The molecule has 2 aliphatic carbocycles. The second-order valence-corrected chi connectivity index (χ2v) is 6.49. The number of rotatable bonds is 4. The van der Waals surface area contributed by atoms with Gasteiger partial charge in [0.05, 0.1) is 12.1 Å². The van der Waals surface area contributed by atoms with Gasteiger partial charge in [0.2, 0.25) is 0 Å². The number of hydrogen-bond acceptors (Lipinski definition) is 2. The molecule has 0 saturated heterocycles. The van der Waals surface area contributed by atoms with E-state index in [4.69, 9.17) is 0 Å². The fourth-order valence-corrected chi connectivity index (χ4v) is 3.56. The molecule has 0 aromatic rings. The summed E-state index contributed by atoms with van der Waals surface area (Å²) in [6.45, 7) is 0.480. The maximum Gasteiger partial charge on any atom is 0.276 e. The third-order valence-corrected chi connectivity index (χ3v) is 4.84. The molecule has 0 aromatic heterocycles. The highest BCUT2D eigenvalue weighted by Crippen LogP contribution is 2.28. The maximum absolute atomic E-state index is 12.1. The molecule has 1 amide bonds. The molecule has 112 valence electrons. The number of quaternary nitrogens is 1. The monoisotopic (exact) mass is 278 g/mol. The van der Waals surface area contributed by atoms with Gasteiger partial charge in [-0.3, -0.25) is 4.79 Å². The van der Waals surface area contributed by atoms with Crippen LogP contribution in [0.3, 0.4) is 0 Å². The van der Waals surface area contributed by atoms with Crippen molar-refractivity contribution in [3.05, 3.63) is 0 Å². The number of hydrogen-bond donors (Lipinski definition) is 2. The van der Waals surface area contributed by atoms with Crippen LogP contribution in [-0.4, -0.2) is 24.0 Å². The van der Waals surface area contributed by atoms with Gasteiger partial charge in [-0.1, -0.05) is 19.3 Å². The van der Waals surface area contributed by atoms with Crippen LogP contribution in [0.4, 0.5) is 0 Å². The van der Waals surface area contributed by atoms with E-state index in [1.807, 2.05) is 0 Å². The lowest BCUT2D eigenvalue weighted by Crippen LogP contribution is -2.92. The Kier molecular flexibility index (Phi) is 5.85. The predicted octanol–water partition coefficient (Wildman–Crippen LogP) is 1.62. The average Bonchev–Trinajstić information content (AvgIpc) is 2.86. The lowest BCUT2D eigenvalue weighted by Gasteiger charge is -2.23. The number of nitriles is 1. The second-order valence-electron chi connectivity index (χ2n) is 6.49. The minimum absolute atomic E-state index is 0.0375. The van der Waals surface area contributed by atoms with E-state index >= 15 is 0 Å². The van der Waals surface area contributed by atoms with E-state index in [0.717, 1.165) is 25.7 Å². The van der Waals surface area contributed by atoms with E-state index in [2.05, 4.69) is 16.7 Å². The summed E-state index contributed by atoms with van der Waals surface area (Å²) in [7, 11) is 0. The number of carbonyl (C=O) groups excluding carboxylic acids is 1. The van der Waals surface area contributed by atoms with Crippen molar-refractivity contribution in [1.29, 1.82) is 5.26 Å². The molecule has 2 rings (SSSR count). The molecule has 0 atom stereocenters. The maximum atomic E-state index is 12.1. The van der Waals surface area contributed by atoms with Gasteiger partial charge in [0.25, 0.3) is 5.91 Å². The number of nitrogens with two attached hydrogens (primary N) is 1. The molecule has 0 unspecified atom stereocenters. The largest absolute Gasteiger partial charge is 0.336 e. The van der Waals surface area contributed by atoms with Crippen molar-refractivity contribution in [3.8, 4) is 6.07 Å². The van der Waals surface area contributed by atoms with Crippen LogP contribution in [0.1, 0.15) is 70.6 Å². The molecule has 2 saturated carbocycles. The van der Waals surface area contributed by atoms with Crippen LogP contribution < -0.4 is 10.6 Å². The molecular formula is C16H28N3O+. The number of amides is 1. The minimum atomic E-state index is -0.564. The van der Waals surface area contributed by atoms with E-state index in [0.29, 0.717) is 12.6 Å². The van der Waals surface area contributed by atoms with Gasteiger partial charge < -0.3 is 10.6 Å². The normalized spacial score (nSPS) is 23.6. The summed E-state index contributed by atoms with van der Waals surface area (Å²) in [5.41, 5.74) is -0.564. The van der Waals surface area contributed by atoms with Crippen molar-refractivity contribution in [2.75, 3.05) is 6.54 Å². The zero-order chi connectivity index (χ0) is 14.3. The standard InChI is InChI=1S/C16H27N3O/c17-13-16(10-6-7-11-16)19-15(20)12-18-14-8-4-2-1-3-5-9-14/h14,18H,1-12H2,(H,19,20)/p+1. The van der Waals surface area contributed by atoms with Gasteiger partial charge in [-0.25, -0.2) is 0 Å². The van der Waals surface area contributed by atoms with Crippen LogP contribution in [0.15, 0.2) is 0 Å². The Morgan fingerprint density at radius 1 is 1.10 bits per heavy atom. The SMILES string of the molecule is N#CC1(NC(=O)C[NH2+]C2CCCCCCC2)CCCC1. The zero-order valence-corrected chi connectivity index (χ0v) is 12.5. The number of carbonyl (C=O) groups is 1. The van der Waals surface area contributed by atoms with Crippen molar-refractivity contribution in [3.63, 3.8) is 0 Å². The smallest absolute Gasteiger partial charge is 0.276 e. The summed E-state index contributed by atoms with van der Waals surface area (Å²) in [5, 5.41) is 14.4. The Bertz CT molecular complexity index is 347. The summed E-state index contributed by atoms with van der Waals surface area (Å²) >= 11 is 0. The highest BCUT2D eigenvalue weighted by atomic mass is 16.2. The third kappa shape index (κ3) is 4.49. The number of nitrogens with zero attached hydrogens (tertiary/aromatic N) is 1. The van der Waals surface area contributed by atoms with Crippen molar-refractivity contribution < 1.29 is 10.1 Å². The summed E-state index contributed by atoms with van der Waals surface area (Å²) in [6.07, 6.45) is 12.9. The van der Waals surface area contributed by atoms with Crippen molar-refractivity contribution >= 4 is 5.91 Å². The summed E-state index contributed by atoms with van der Waals surface area (Å²) < 4.78 is 0. The fourth-order valence-electron chi connectivity index (χ4n) is 3.56. The molecule has 4 nitrogen and oxygen atoms in total. The molecule has 0 spiro atoms. The predicted molar refractivity (Wildman–Crippen MR) is 77.9 cm³/mol. The Morgan fingerprint density at radius 3 is 2.30 bits per heavy atom. The topological polar surface area (TPSA) is 69.5 Å². The Morgan fingerprint density at radius 2 is 1.70 bits per heavy atom. The lowest BCUT2D eigenvalue weighted by atomic mass is 9.96.